The van der Waals surface area contributed by atoms with Gasteiger partial charge < -0.3 is 15.1 Å². The smallest absolute Gasteiger partial charge is 0.0598 e. The van der Waals surface area contributed by atoms with Gasteiger partial charge in [0.05, 0.1) is 11.9 Å². The third-order valence-corrected chi connectivity index (χ3v) is 4.58. The number of hydrogen-bond acceptors (Lipinski definition) is 4. The Morgan fingerprint density at radius 3 is 2.65 bits per heavy atom. The van der Waals surface area contributed by atoms with E-state index in [0.717, 1.165) is 31.7 Å². The van der Waals surface area contributed by atoms with Crippen molar-refractivity contribution in [3.05, 3.63) is 24.0 Å². The fourth-order valence-corrected chi connectivity index (χ4v) is 3.01. The Balaban J connectivity index is 1.64. The number of hydrogen-bond donors (Lipinski definition) is 1. The van der Waals surface area contributed by atoms with Crippen LogP contribution in [-0.2, 0) is 6.54 Å². The molecule has 1 aliphatic heterocycles. The SMILES string of the molecule is CN(C)C1CCN(c2cnccc2CNC2CC2)CC1. The van der Waals surface area contributed by atoms with E-state index in [1.807, 2.05) is 12.4 Å². The van der Waals surface area contributed by atoms with Gasteiger partial charge in [-0.25, -0.2) is 0 Å². The van der Waals surface area contributed by atoms with Crippen LogP contribution in [-0.4, -0.2) is 49.2 Å². The molecule has 1 aliphatic carbocycles. The third kappa shape index (κ3) is 3.30. The van der Waals surface area contributed by atoms with Crippen molar-refractivity contribution in [1.82, 2.24) is 15.2 Å². The van der Waals surface area contributed by atoms with Crippen LogP contribution >= 0.6 is 0 Å². The topological polar surface area (TPSA) is 31.4 Å². The van der Waals surface area contributed by atoms with Gasteiger partial charge in [0.1, 0.15) is 0 Å². The predicted octanol–water partition coefficient (Wildman–Crippen LogP) is 1.86. The van der Waals surface area contributed by atoms with E-state index in [1.54, 1.807) is 0 Å². The summed E-state index contributed by atoms with van der Waals surface area (Å²) in [6.45, 7) is 3.27. The normalized spacial score (nSPS) is 20.6. The van der Waals surface area contributed by atoms with Gasteiger partial charge in [0.2, 0.25) is 0 Å². The van der Waals surface area contributed by atoms with Crippen LogP contribution in [0.4, 0.5) is 5.69 Å². The van der Waals surface area contributed by atoms with Crippen LogP contribution in [0.15, 0.2) is 18.5 Å². The molecule has 4 heteroatoms. The van der Waals surface area contributed by atoms with E-state index in [9.17, 15) is 0 Å². The molecule has 1 aromatic heterocycles. The van der Waals surface area contributed by atoms with Crippen LogP contribution in [0, 0.1) is 0 Å². The van der Waals surface area contributed by atoms with Crippen molar-refractivity contribution in [3.63, 3.8) is 0 Å². The second-order valence-electron chi connectivity index (χ2n) is 6.34. The summed E-state index contributed by atoms with van der Waals surface area (Å²) in [6, 6.07) is 3.66. The third-order valence-electron chi connectivity index (χ3n) is 4.58. The average molecular weight is 274 g/mol. The zero-order valence-corrected chi connectivity index (χ0v) is 12.7. The zero-order valence-electron chi connectivity index (χ0n) is 12.7. The van der Waals surface area contributed by atoms with Gasteiger partial charge in [-0.3, -0.25) is 4.98 Å². The van der Waals surface area contributed by atoms with Crippen molar-refractivity contribution in [2.45, 2.75) is 44.3 Å². The minimum atomic E-state index is 0.732. The molecule has 0 amide bonds. The van der Waals surface area contributed by atoms with Crippen LogP contribution < -0.4 is 10.2 Å². The number of anilines is 1. The summed E-state index contributed by atoms with van der Waals surface area (Å²) in [5.41, 5.74) is 2.73. The number of pyridine rings is 1. The maximum Gasteiger partial charge on any atom is 0.0598 e. The molecule has 1 N–H and O–H groups in total. The van der Waals surface area contributed by atoms with Crippen LogP contribution in [0.2, 0.25) is 0 Å². The van der Waals surface area contributed by atoms with Crippen molar-refractivity contribution in [1.29, 1.82) is 0 Å². The van der Waals surface area contributed by atoms with Crippen molar-refractivity contribution in [2.24, 2.45) is 0 Å². The lowest BCUT2D eigenvalue weighted by Gasteiger charge is -2.37. The van der Waals surface area contributed by atoms with E-state index in [4.69, 9.17) is 0 Å². The Morgan fingerprint density at radius 1 is 1.25 bits per heavy atom. The van der Waals surface area contributed by atoms with Crippen molar-refractivity contribution < 1.29 is 0 Å². The monoisotopic (exact) mass is 274 g/mol. The fraction of sp³-hybridized carbons (Fsp3) is 0.688. The Hall–Kier alpha value is -1.13. The highest BCUT2D eigenvalue weighted by atomic mass is 15.2. The molecule has 0 radical (unpaired) electrons. The molecule has 0 aromatic carbocycles. The largest absolute Gasteiger partial charge is 0.370 e. The molecule has 3 rings (SSSR count). The maximum absolute atomic E-state index is 4.34. The van der Waals surface area contributed by atoms with Crippen LogP contribution in [0.3, 0.4) is 0 Å². The Kier molecular flexibility index (Phi) is 4.22. The number of piperidine rings is 1. The lowest BCUT2D eigenvalue weighted by molar-refractivity contribution is 0.249. The molecule has 0 spiro atoms. The van der Waals surface area contributed by atoms with E-state index >= 15 is 0 Å². The van der Waals surface area contributed by atoms with Gasteiger partial charge in [-0.2, -0.15) is 0 Å². The van der Waals surface area contributed by atoms with Crippen LogP contribution in [0.1, 0.15) is 31.2 Å². The summed E-state index contributed by atoms with van der Waals surface area (Å²) < 4.78 is 0. The lowest BCUT2D eigenvalue weighted by atomic mass is 10.0. The molecule has 4 nitrogen and oxygen atoms in total. The predicted molar refractivity (Wildman–Crippen MR) is 83.0 cm³/mol. The molecule has 1 saturated heterocycles. The van der Waals surface area contributed by atoms with Crippen LogP contribution in [0.25, 0.3) is 0 Å². The van der Waals surface area contributed by atoms with Gasteiger partial charge in [-0.05, 0) is 51.4 Å². The first-order valence-electron chi connectivity index (χ1n) is 7.81. The van der Waals surface area contributed by atoms with Crippen molar-refractivity contribution >= 4 is 5.69 Å². The number of nitrogens with zero attached hydrogens (tertiary/aromatic N) is 3. The molecule has 2 fully saturated rings. The molecule has 0 bridgehead atoms. The molecule has 0 atom stereocenters. The first kappa shape index (κ1) is 13.8. The summed E-state index contributed by atoms with van der Waals surface area (Å²) in [5, 5.41) is 3.62. The molecule has 2 aliphatic rings. The quantitative estimate of drug-likeness (QED) is 0.888. The van der Waals surface area contributed by atoms with Gasteiger partial charge in [0.25, 0.3) is 0 Å². The fourth-order valence-electron chi connectivity index (χ4n) is 3.01. The summed E-state index contributed by atoms with van der Waals surface area (Å²) in [5.74, 6) is 0. The van der Waals surface area contributed by atoms with E-state index in [-0.39, 0.29) is 0 Å². The Labute approximate surface area is 122 Å². The summed E-state index contributed by atoms with van der Waals surface area (Å²) in [7, 11) is 4.38. The molecule has 0 unspecified atom stereocenters. The highest BCUT2D eigenvalue weighted by Gasteiger charge is 2.24. The summed E-state index contributed by atoms with van der Waals surface area (Å²) in [4.78, 5) is 9.21. The first-order valence-corrected chi connectivity index (χ1v) is 7.81. The lowest BCUT2D eigenvalue weighted by Crippen LogP contribution is -2.42. The van der Waals surface area contributed by atoms with Gasteiger partial charge in [-0.1, -0.05) is 0 Å². The van der Waals surface area contributed by atoms with Gasteiger partial charge in [0.15, 0.2) is 0 Å². The van der Waals surface area contributed by atoms with Crippen molar-refractivity contribution in [2.75, 3.05) is 32.1 Å². The summed E-state index contributed by atoms with van der Waals surface area (Å²) in [6.07, 6.45) is 9.14. The highest BCUT2D eigenvalue weighted by molar-refractivity contribution is 5.52. The Morgan fingerprint density at radius 2 is 2.00 bits per heavy atom. The van der Waals surface area contributed by atoms with Gasteiger partial charge in [-0.15, -0.1) is 0 Å². The zero-order chi connectivity index (χ0) is 13.9. The van der Waals surface area contributed by atoms with E-state index in [1.165, 1.54) is 36.9 Å². The number of nitrogens with one attached hydrogen (secondary N) is 1. The molecule has 1 saturated carbocycles. The Bertz CT molecular complexity index is 434. The molecular weight excluding hydrogens is 248 g/mol. The van der Waals surface area contributed by atoms with Crippen molar-refractivity contribution in [3.8, 4) is 0 Å². The molecule has 20 heavy (non-hydrogen) atoms. The number of aromatic nitrogens is 1. The van der Waals surface area contributed by atoms with E-state index in [0.29, 0.717) is 0 Å². The molecular formula is C16H26N4. The van der Waals surface area contributed by atoms with Gasteiger partial charge >= 0.3 is 0 Å². The van der Waals surface area contributed by atoms with Gasteiger partial charge in [0, 0.05) is 37.9 Å². The molecule has 110 valence electrons. The first-order chi connectivity index (χ1) is 9.74. The van der Waals surface area contributed by atoms with E-state index in [2.05, 4.69) is 40.3 Å². The van der Waals surface area contributed by atoms with Crippen LogP contribution in [0.5, 0.6) is 0 Å². The average Bonchev–Trinajstić information content (AvgIpc) is 3.30. The highest BCUT2D eigenvalue weighted by Crippen LogP contribution is 2.26. The molecule has 1 aromatic rings. The standard InChI is InChI=1S/C16H26N4/c1-19(2)15-6-9-20(10-7-15)16-12-17-8-5-13(16)11-18-14-3-4-14/h5,8,12,14-15,18H,3-4,6-7,9-11H2,1-2H3. The number of rotatable bonds is 5. The minimum absolute atomic E-state index is 0.732. The molecule has 2 heterocycles. The van der Waals surface area contributed by atoms with E-state index < -0.39 is 0 Å². The summed E-state index contributed by atoms with van der Waals surface area (Å²) >= 11 is 0. The second-order valence-corrected chi connectivity index (χ2v) is 6.34. The second kappa shape index (κ2) is 6.10. The maximum atomic E-state index is 4.34. The minimum Gasteiger partial charge on any atom is -0.370 e.